The van der Waals surface area contributed by atoms with Crippen LogP contribution in [0.2, 0.25) is 0 Å². The summed E-state index contributed by atoms with van der Waals surface area (Å²) in [6.07, 6.45) is 7.19. The summed E-state index contributed by atoms with van der Waals surface area (Å²) in [7, 11) is 0. The molecule has 1 aromatic rings. The van der Waals surface area contributed by atoms with Gasteiger partial charge in [-0.3, -0.25) is 14.6 Å². The van der Waals surface area contributed by atoms with E-state index in [-0.39, 0.29) is 12.3 Å². The van der Waals surface area contributed by atoms with E-state index in [0.717, 1.165) is 18.5 Å². The Balaban J connectivity index is 2.11. The zero-order chi connectivity index (χ0) is 13.9. The van der Waals surface area contributed by atoms with Gasteiger partial charge in [0.25, 0.3) is 0 Å². The van der Waals surface area contributed by atoms with Crippen molar-refractivity contribution in [1.82, 2.24) is 10.3 Å². The number of unbranched alkanes of at least 4 members (excludes halogenated alkanes) is 2. The molecule has 2 N–H and O–H groups in total. The number of nitrogens with zero attached hydrogens (tertiary/aromatic N) is 1. The zero-order valence-electron chi connectivity index (χ0n) is 10.7. The number of hydrogen-bond donors (Lipinski definition) is 2. The molecule has 0 spiro atoms. The van der Waals surface area contributed by atoms with Gasteiger partial charge < -0.3 is 10.4 Å². The Bertz CT molecular complexity index is 430. The number of amides is 1. The van der Waals surface area contributed by atoms with Crippen molar-refractivity contribution in [2.75, 3.05) is 6.54 Å². The second-order valence-corrected chi connectivity index (χ2v) is 4.08. The molecule has 0 aliphatic rings. The molecule has 0 aliphatic heterocycles. The van der Waals surface area contributed by atoms with Crippen LogP contribution in [-0.2, 0) is 9.59 Å². The maximum atomic E-state index is 11.4. The van der Waals surface area contributed by atoms with E-state index in [0.29, 0.717) is 13.0 Å². The van der Waals surface area contributed by atoms with Crippen LogP contribution >= 0.6 is 0 Å². The van der Waals surface area contributed by atoms with Gasteiger partial charge in [0.15, 0.2) is 0 Å². The summed E-state index contributed by atoms with van der Waals surface area (Å²) in [5, 5.41) is 11.2. The van der Waals surface area contributed by atoms with Gasteiger partial charge in [-0.15, -0.1) is 0 Å². The van der Waals surface area contributed by atoms with E-state index < -0.39 is 5.97 Å². The van der Waals surface area contributed by atoms with Crippen molar-refractivity contribution in [2.45, 2.75) is 25.7 Å². The van der Waals surface area contributed by atoms with Crippen molar-refractivity contribution in [3.05, 3.63) is 36.2 Å². The molecule has 0 saturated heterocycles. The maximum absolute atomic E-state index is 11.4. The van der Waals surface area contributed by atoms with E-state index in [9.17, 15) is 9.59 Å². The average Bonchev–Trinajstić information content (AvgIpc) is 2.41. The number of rotatable bonds is 8. The summed E-state index contributed by atoms with van der Waals surface area (Å²) in [5.41, 5.74) is 0.735. The average molecular weight is 262 g/mol. The van der Waals surface area contributed by atoms with E-state index in [2.05, 4.69) is 10.3 Å². The smallest absolute Gasteiger partial charge is 0.303 e. The lowest BCUT2D eigenvalue weighted by atomic mass is 10.2. The summed E-state index contributed by atoms with van der Waals surface area (Å²) in [4.78, 5) is 25.8. The molecule has 0 fully saturated rings. The van der Waals surface area contributed by atoms with Gasteiger partial charge in [-0.25, -0.2) is 0 Å². The molecule has 1 aromatic heterocycles. The van der Waals surface area contributed by atoms with E-state index in [4.69, 9.17) is 5.11 Å². The Morgan fingerprint density at radius 3 is 2.79 bits per heavy atom. The Morgan fingerprint density at radius 1 is 1.26 bits per heavy atom. The second kappa shape index (κ2) is 8.85. The summed E-state index contributed by atoms with van der Waals surface area (Å²) < 4.78 is 0. The fourth-order valence-corrected chi connectivity index (χ4v) is 1.48. The third kappa shape index (κ3) is 7.70. The highest BCUT2D eigenvalue weighted by atomic mass is 16.4. The van der Waals surface area contributed by atoms with Crippen LogP contribution in [0.15, 0.2) is 30.5 Å². The van der Waals surface area contributed by atoms with Crippen LogP contribution in [0.4, 0.5) is 0 Å². The highest BCUT2D eigenvalue weighted by molar-refractivity contribution is 5.91. The molecular weight excluding hydrogens is 244 g/mol. The van der Waals surface area contributed by atoms with Crippen molar-refractivity contribution < 1.29 is 14.7 Å². The minimum absolute atomic E-state index is 0.163. The molecule has 5 heteroatoms. The third-order valence-electron chi connectivity index (χ3n) is 2.46. The van der Waals surface area contributed by atoms with Crippen molar-refractivity contribution in [2.24, 2.45) is 0 Å². The molecule has 1 amide bonds. The van der Waals surface area contributed by atoms with Gasteiger partial charge in [-0.05, 0) is 31.1 Å². The highest BCUT2D eigenvalue weighted by Gasteiger charge is 1.98. The number of nitrogens with one attached hydrogen (secondary N) is 1. The number of carbonyl (C=O) groups excluding carboxylic acids is 1. The lowest BCUT2D eigenvalue weighted by Gasteiger charge is -2.01. The molecule has 0 bridgehead atoms. The van der Waals surface area contributed by atoms with E-state index >= 15 is 0 Å². The predicted octanol–water partition coefficient (Wildman–Crippen LogP) is 1.86. The van der Waals surface area contributed by atoms with Crippen LogP contribution in [0.1, 0.15) is 31.4 Å². The Labute approximate surface area is 112 Å². The first-order chi connectivity index (χ1) is 9.18. The van der Waals surface area contributed by atoms with Gasteiger partial charge in [0, 0.05) is 25.2 Å². The summed E-state index contributed by atoms with van der Waals surface area (Å²) in [5.74, 6) is -0.939. The first kappa shape index (κ1) is 14.9. The molecule has 0 aromatic carbocycles. The van der Waals surface area contributed by atoms with Crippen molar-refractivity contribution in [3.8, 4) is 0 Å². The van der Waals surface area contributed by atoms with Crippen molar-refractivity contribution in [3.63, 3.8) is 0 Å². The van der Waals surface area contributed by atoms with Gasteiger partial charge in [-0.1, -0.05) is 12.5 Å². The minimum Gasteiger partial charge on any atom is -0.481 e. The lowest BCUT2D eigenvalue weighted by Crippen LogP contribution is -2.22. The molecule has 0 saturated carbocycles. The number of carboxylic acids is 1. The molecule has 0 aliphatic carbocycles. The Kier molecular flexibility index (Phi) is 6.94. The largest absolute Gasteiger partial charge is 0.481 e. The molecule has 0 radical (unpaired) electrons. The molecular formula is C14H18N2O3. The molecule has 0 unspecified atom stereocenters. The summed E-state index contributed by atoms with van der Waals surface area (Å²) in [6, 6.07) is 5.48. The highest BCUT2D eigenvalue weighted by Crippen LogP contribution is 1.99. The fraction of sp³-hybridized carbons (Fsp3) is 0.357. The lowest BCUT2D eigenvalue weighted by molar-refractivity contribution is -0.137. The first-order valence-corrected chi connectivity index (χ1v) is 6.27. The van der Waals surface area contributed by atoms with Gasteiger partial charge >= 0.3 is 5.97 Å². The normalized spacial score (nSPS) is 10.5. The van der Waals surface area contributed by atoms with Gasteiger partial charge in [0.05, 0.1) is 5.69 Å². The topological polar surface area (TPSA) is 79.3 Å². The molecule has 19 heavy (non-hydrogen) atoms. The van der Waals surface area contributed by atoms with Crippen LogP contribution in [0.3, 0.4) is 0 Å². The van der Waals surface area contributed by atoms with Crippen molar-refractivity contribution >= 4 is 18.0 Å². The Morgan fingerprint density at radius 2 is 2.11 bits per heavy atom. The van der Waals surface area contributed by atoms with Crippen molar-refractivity contribution in [1.29, 1.82) is 0 Å². The van der Waals surface area contributed by atoms with Crippen LogP contribution in [0.25, 0.3) is 6.08 Å². The standard InChI is InChI=1S/C14H18N2O3/c17-13(9-8-12-6-3-5-10-15-12)16-11-4-1-2-7-14(18)19/h3,5-6,8-10H,1-2,4,7,11H2,(H,16,17)(H,18,19)/b9-8+. The zero-order valence-corrected chi connectivity index (χ0v) is 10.7. The van der Waals surface area contributed by atoms with Gasteiger partial charge in [0.1, 0.15) is 0 Å². The maximum Gasteiger partial charge on any atom is 0.303 e. The van der Waals surface area contributed by atoms with E-state index in [1.54, 1.807) is 12.3 Å². The molecule has 0 atom stereocenters. The molecule has 1 heterocycles. The van der Waals surface area contributed by atoms with Gasteiger partial charge in [0.2, 0.25) is 5.91 Å². The number of carboxylic acid groups (broad SMARTS) is 1. The predicted molar refractivity (Wildman–Crippen MR) is 72.4 cm³/mol. The van der Waals surface area contributed by atoms with E-state index in [1.165, 1.54) is 6.08 Å². The van der Waals surface area contributed by atoms with Crippen LogP contribution in [0, 0.1) is 0 Å². The molecule has 1 rings (SSSR count). The van der Waals surface area contributed by atoms with Crippen LogP contribution < -0.4 is 5.32 Å². The number of pyridine rings is 1. The third-order valence-corrected chi connectivity index (χ3v) is 2.46. The number of hydrogen-bond acceptors (Lipinski definition) is 3. The van der Waals surface area contributed by atoms with Crippen LogP contribution in [-0.4, -0.2) is 28.5 Å². The quantitative estimate of drug-likeness (QED) is 0.553. The number of aromatic nitrogens is 1. The molecule has 102 valence electrons. The number of carbonyl (C=O) groups is 2. The summed E-state index contributed by atoms with van der Waals surface area (Å²) >= 11 is 0. The fourth-order valence-electron chi connectivity index (χ4n) is 1.48. The van der Waals surface area contributed by atoms with Gasteiger partial charge in [-0.2, -0.15) is 0 Å². The number of aliphatic carboxylic acids is 1. The SMILES string of the molecule is O=C(O)CCCCCNC(=O)/C=C/c1ccccn1. The molecule has 5 nitrogen and oxygen atoms in total. The van der Waals surface area contributed by atoms with E-state index in [1.807, 2.05) is 18.2 Å². The Hall–Kier alpha value is -2.17. The van der Waals surface area contributed by atoms with Crippen LogP contribution in [0.5, 0.6) is 0 Å². The minimum atomic E-state index is -0.776. The first-order valence-electron chi connectivity index (χ1n) is 6.27. The second-order valence-electron chi connectivity index (χ2n) is 4.08. The monoisotopic (exact) mass is 262 g/mol. The summed E-state index contributed by atoms with van der Waals surface area (Å²) in [6.45, 7) is 0.561.